The average Bonchev–Trinajstić information content (AvgIpc) is 3.08. The number of aryl methyl sites for hydroxylation is 1. The van der Waals surface area contributed by atoms with Crippen LogP contribution < -0.4 is 5.32 Å². The first-order valence-corrected chi connectivity index (χ1v) is 9.44. The molecule has 0 saturated carbocycles. The fraction of sp³-hybridized carbons (Fsp3) is 0.650. The number of carbonyl (C=O) groups is 1. The lowest BCUT2D eigenvalue weighted by Gasteiger charge is -2.34. The zero-order chi connectivity index (χ0) is 18.6. The number of hydrogen-bond acceptors (Lipinski definition) is 5. The number of nitrogens with one attached hydrogen (secondary N) is 1. The minimum absolute atomic E-state index is 0.000585. The number of morpholine rings is 1. The molecule has 0 aliphatic carbocycles. The maximum absolute atomic E-state index is 12.7. The van der Waals surface area contributed by atoms with Gasteiger partial charge in [-0.05, 0) is 44.4 Å². The summed E-state index contributed by atoms with van der Waals surface area (Å²) in [6.45, 7) is 8.04. The van der Waals surface area contributed by atoms with Crippen LogP contribution in [-0.2, 0) is 15.9 Å². The Labute approximate surface area is 155 Å². The summed E-state index contributed by atoms with van der Waals surface area (Å²) in [7, 11) is 0. The molecule has 144 valence electrons. The lowest BCUT2D eigenvalue weighted by Crippen LogP contribution is -2.54. The second-order valence-electron chi connectivity index (χ2n) is 7.85. The highest BCUT2D eigenvalue weighted by molar-refractivity contribution is 5.94. The summed E-state index contributed by atoms with van der Waals surface area (Å²) in [4.78, 5) is 15.1. The van der Waals surface area contributed by atoms with E-state index in [1.807, 2.05) is 24.3 Å². The van der Waals surface area contributed by atoms with Gasteiger partial charge in [-0.15, -0.1) is 0 Å². The average molecular weight is 362 g/mol. The van der Waals surface area contributed by atoms with Gasteiger partial charge in [0.05, 0.1) is 44.1 Å². The van der Waals surface area contributed by atoms with Crippen LogP contribution in [0.5, 0.6) is 0 Å². The van der Waals surface area contributed by atoms with Crippen molar-refractivity contribution in [1.29, 1.82) is 0 Å². The molecule has 0 aromatic heterocycles. The van der Waals surface area contributed by atoms with Crippen LogP contribution >= 0.6 is 0 Å². The van der Waals surface area contributed by atoms with Crippen LogP contribution in [0, 0.1) is 0 Å². The van der Waals surface area contributed by atoms with Crippen molar-refractivity contribution < 1.29 is 19.4 Å². The fourth-order valence-corrected chi connectivity index (χ4v) is 3.52. The second-order valence-corrected chi connectivity index (χ2v) is 7.85. The number of rotatable bonds is 6. The smallest absolute Gasteiger partial charge is 0.251 e. The Balaban J connectivity index is 1.60. The van der Waals surface area contributed by atoms with E-state index in [2.05, 4.69) is 10.2 Å². The van der Waals surface area contributed by atoms with E-state index in [1.165, 1.54) is 0 Å². The summed E-state index contributed by atoms with van der Waals surface area (Å²) in [6.07, 6.45) is 1.40. The fourth-order valence-electron chi connectivity index (χ4n) is 3.52. The van der Waals surface area contributed by atoms with Gasteiger partial charge in [0.15, 0.2) is 0 Å². The van der Waals surface area contributed by atoms with Crippen molar-refractivity contribution in [2.45, 2.75) is 44.4 Å². The summed E-state index contributed by atoms with van der Waals surface area (Å²) in [5.74, 6) is -0.0659. The van der Waals surface area contributed by atoms with Crippen LogP contribution in [0.15, 0.2) is 24.3 Å². The minimum Gasteiger partial charge on any atom is -0.390 e. The van der Waals surface area contributed by atoms with Crippen LogP contribution in [-0.4, -0.2) is 73.1 Å². The molecule has 0 bridgehead atoms. The Hall–Kier alpha value is -1.47. The number of benzene rings is 1. The largest absolute Gasteiger partial charge is 0.390 e. The molecule has 0 unspecified atom stereocenters. The quantitative estimate of drug-likeness (QED) is 0.796. The van der Waals surface area contributed by atoms with Gasteiger partial charge in [0.1, 0.15) is 0 Å². The van der Waals surface area contributed by atoms with Gasteiger partial charge in [0, 0.05) is 18.7 Å². The number of nitrogens with zero attached hydrogens (tertiary/aromatic N) is 1. The van der Waals surface area contributed by atoms with Gasteiger partial charge < -0.3 is 19.9 Å². The molecule has 1 aromatic rings. The monoisotopic (exact) mass is 362 g/mol. The van der Waals surface area contributed by atoms with Crippen molar-refractivity contribution in [2.75, 3.05) is 39.5 Å². The Morgan fingerprint density at radius 2 is 2.04 bits per heavy atom. The molecule has 3 rings (SSSR count). The van der Waals surface area contributed by atoms with Crippen molar-refractivity contribution in [3.8, 4) is 0 Å². The van der Waals surface area contributed by atoms with Crippen LogP contribution in [0.4, 0.5) is 0 Å². The van der Waals surface area contributed by atoms with Gasteiger partial charge in [-0.25, -0.2) is 0 Å². The summed E-state index contributed by atoms with van der Waals surface area (Å²) in [5.41, 5.74) is 1.02. The molecular formula is C20H30N2O4. The first kappa shape index (κ1) is 19.3. The van der Waals surface area contributed by atoms with Crippen LogP contribution in [0.3, 0.4) is 0 Å². The van der Waals surface area contributed by atoms with Gasteiger partial charge in [-0.2, -0.15) is 0 Å². The summed E-state index contributed by atoms with van der Waals surface area (Å²) in [5, 5.41) is 13.0. The van der Waals surface area contributed by atoms with Crippen LogP contribution in [0.25, 0.3) is 0 Å². The molecule has 1 amide bonds. The van der Waals surface area contributed by atoms with E-state index in [1.54, 1.807) is 13.8 Å². The summed E-state index contributed by atoms with van der Waals surface area (Å²) < 4.78 is 11.1. The van der Waals surface area contributed by atoms with Gasteiger partial charge in [0.2, 0.25) is 0 Å². The normalized spacial score (nSPS) is 24.6. The predicted molar refractivity (Wildman–Crippen MR) is 99.3 cm³/mol. The molecule has 6 nitrogen and oxygen atoms in total. The highest BCUT2D eigenvalue weighted by atomic mass is 16.5. The zero-order valence-electron chi connectivity index (χ0n) is 15.7. The highest BCUT2D eigenvalue weighted by Crippen LogP contribution is 2.17. The lowest BCUT2D eigenvalue weighted by molar-refractivity contribution is 0.0108. The van der Waals surface area contributed by atoms with Gasteiger partial charge in [-0.3, -0.25) is 9.69 Å². The Kier molecular flexibility index (Phi) is 6.29. The summed E-state index contributed by atoms with van der Waals surface area (Å²) in [6, 6.07) is 7.86. The van der Waals surface area contributed by atoms with Crippen LogP contribution in [0.1, 0.15) is 36.2 Å². The van der Waals surface area contributed by atoms with E-state index in [-0.39, 0.29) is 18.0 Å². The van der Waals surface area contributed by atoms with Crippen molar-refractivity contribution in [3.63, 3.8) is 0 Å². The topological polar surface area (TPSA) is 71.0 Å². The van der Waals surface area contributed by atoms with E-state index in [4.69, 9.17) is 9.47 Å². The third-order valence-corrected chi connectivity index (χ3v) is 5.10. The second kappa shape index (κ2) is 8.48. The number of aliphatic hydroxyl groups is 1. The van der Waals surface area contributed by atoms with E-state index in [0.717, 1.165) is 38.3 Å². The van der Waals surface area contributed by atoms with E-state index < -0.39 is 5.60 Å². The number of amides is 1. The minimum atomic E-state index is -0.704. The van der Waals surface area contributed by atoms with E-state index in [9.17, 15) is 9.90 Å². The molecule has 2 saturated heterocycles. The predicted octanol–water partition coefficient (Wildman–Crippen LogP) is 1.22. The van der Waals surface area contributed by atoms with Crippen molar-refractivity contribution >= 4 is 5.91 Å². The Bertz CT molecular complexity index is 608. The van der Waals surface area contributed by atoms with Crippen LogP contribution in [0.2, 0.25) is 0 Å². The first-order valence-electron chi connectivity index (χ1n) is 9.44. The molecule has 0 spiro atoms. The Morgan fingerprint density at radius 3 is 2.77 bits per heavy atom. The lowest BCUT2D eigenvalue weighted by atomic mass is 9.97. The summed E-state index contributed by atoms with van der Waals surface area (Å²) >= 11 is 0. The number of ether oxygens (including phenoxy) is 2. The Morgan fingerprint density at radius 1 is 1.27 bits per heavy atom. The standard InChI is InChI=1S/C20H30N2O4/c1-20(2,24)7-6-15-4-3-5-16(12-15)19(23)21-17-13-26-14-18(17)22-8-10-25-11-9-22/h3-5,12,17-18,24H,6-11,13-14H2,1-2H3,(H,21,23)/t17-,18-/m0/s1. The molecule has 6 heteroatoms. The molecular weight excluding hydrogens is 332 g/mol. The van der Waals surface area contributed by atoms with Gasteiger partial charge in [-0.1, -0.05) is 12.1 Å². The van der Waals surface area contributed by atoms with Crippen molar-refractivity contribution in [3.05, 3.63) is 35.4 Å². The van der Waals surface area contributed by atoms with E-state index >= 15 is 0 Å². The highest BCUT2D eigenvalue weighted by Gasteiger charge is 2.35. The molecule has 2 N–H and O–H groups in total. The van der Waals surface area contributed by atoms with E-state index in [0.29, 0.717) is 25.2 Å². The molecule has 0 radical (unpaired) electrons. The molecule has 26 heavy (non-hydrogen) atoms. The van der Waals surface area contributed by atoms with Crippen molar-refractivity contribution in [1.82, 2.24) is 10.2 Å². The molecule has 2 aliphatic heterocycles. The first-order chi connectivity index (χ1) is 12.4. The maximum atomic E-state index is 12.7. The SMILES string of the molecule is CC(C)(O)CCc1cccc(C(=O)N[C@H]2COC[C@@H]2N2CCOCC2)c1. The van der Waals surface area contributed by atoms with Gasteiger partial charge >= 0.3 is 0 Å². The van der Waals surface area contributed by atoms with Crippen molar-refractivity contribution in [2.24, 2.45) is 0 Å². The van der Waals surface area contributed by atoms with Gasteiger partial charge in [0.25, 0.3) is 5.91 Å². The molecule has 2 fully saturated rings. The zero-order valence-corrected chi connectivity index (χ0v) is 15.7. The molecule has 2 aliphatic rings. The molecule has 1 aromatic carbocycles. The maximum Gasteiger partial charge on any atom is 0.251 e. The third-order valence-electron chi connectivity index (χ3n) is 5.10. The third kappa shape index (κ3) is 5.27. The number of carbonyl (C=O) groups excluding carboxylic acids is 1. The number of hydrogen-bond donors (Lipinski definition) is 2. The molecule has 2 heterocycles. The molecule has 2 atom stereocenters.